The lowest BCUT2D eigenvalue weighted by Crippen LogP contribution is -2.27. The molecule has 1 heterocycles. The molecule has 0 bridgehead atoms. The molecule has 1 fully saturated rings. The second-order valence-corrected chi connectivity index (χ2v) is 4.60. The van der Waals surface area contributed by atoms with Crippen molar-refractivity contribution in [2.75, 3.05) is 19.7 Å². The van der Waals surface area contributed by atoms with E-state index >= 15 is 0 Å². The van der Waals surface area contributed by atoms with E-state index in [-0.39, 0.29) is 0 Å². The smallest absolute Gasteiger partial charge is 0.0588 e. The van der Waals surface area contributed by atoms with Crippen LogP contribution in [-0.4, -0.2) is 25.8 Å². The van der Waals surface area contributed by atoms with E-state index in [0.717, 1.165) is 19.7 Å². The minimum Gasteiger partial charge on any atom is -0.378 e. The first-order valence-electron chi connectivity index (χ1n) is 6.40. The van der Waals surface area contributed by atoms with E-state index in [4.69, 9.17) is 4.74 Å². The molecule has 0 spiro atoms. The summed E-state index contributed by atoms with van der Waals surface area (Å²) in [6, 6.07) is 10.4. The van der Waals surface area contributed by atoms with Gasteiger partial charge in [0.2, 0.25) is 0 Å². The number of hydrogen-bond donors (Lipinski definition) is 1. The molecule has 17 heavy (non-hydrogen) atoms. The summed E-state index contributed by atoms with van der Waals surface area (Å²) in [4.78, 5) is 0. The molecule has 0 saturated carbocycles. The van der Waals surface area contributed by atoms with Crippen LogP contribution >= 0.6 is 0 Å². The first-order chi connectivity index (χ1) is 8.36. The molecule has 0 aromatic heterocycles. The summed E-state index contributed by atoms with van der Waals surface area (Å²) in [7, 11) is 0. The number of ether oxygens (including phenoxy) is 1. The molecule has 0 amide bonds. The highest BCUT2D eigenvalue weighted by molar-refractivity contribution is 5.48. The molecule has 1 aliphatic heterocycles. The molecular formula is C15H21NO. The van der Waals surface area contributed by atoms with Crippen LogP contribution in [0.4, 0.5) is 0 Å². The highest BCUT2D eigenvalue weighted by Crippen LogP contribution is 2.19. The quantitative estimate of drug-likeness (QED) is 0.787. The fourth-order valence-electron chi connectivity index (χ4n) is 2.16. The summed E-state index contributed by atoms with van der Waals surface area (Å²) in [6.45, 7) is 5.07. The van der Waals surface area contributed by atoms with Crippen molar-refractivity contribution in [1.29, 1.82) is 0 Å². The molecule has 92 valence electrons. The maximum Gasteiger partial charge on any atom is 0.0588 e. The lowest BCUT2D eigenvalue weighted by Gasteiger charge is -2.13. The fraction of sp³-hybridized carbons (Fsp3) is 0.467. The number of benzene rings is 1. The van der Waals surface area contributed by atoms with E-state index in [9.17, 15) is 0 Å². The minimum absolute atomic E-state index is 0.417. The van der Waals surface area contributed by atoms with Crippen molar-refractivity contribution in [2.24, 2.45) is 5.92 Å². The van der Waals surface area contributed by atoms with Gasteiger partial charge in [0.25, 0.3) is 0 Å². The number of hydrogen-bond acceptors (Lipinski definition) is 2. The van der Waals surface area contributed by atoms with Crippen LogP contribution in [0.15, 0.2) is 36.4 Å². The molecule has 2 heteroatoms. The highest BCUT2D eigenvalue weighted by atomic mass is 16.5. The first-order valence-corrected chi connectivity index (χ1v) is 6.40. The van der Waals surface area contributed by atoms with Crippen molar-refractivity contribution >= 4 is 6.08 Å². The Kier molecular flexibility index (Phi) is 4.77. The molecule has 2 nitrogen and oxygen atoms in total. The van der Waals surface area contributed by atoms with Gasteiger partial charge in [-0.3, -0.25) is 0 Å². The van der Waals surface area contributed by atoms with Gasteiger partial charge in [-0.05, 0) is 24.8 Å². The average Bonchev–Trinajstić information content (AvgIpc) is 2.76. The predicted octanol–water partition coefficient (Wildman–Crippen LogP) is 2.71. The van der Waals surface area contributed by atoms with Crippen LogP contribution in [0.3, 0.4) is 0 Å². The van der Waals surface area contributed by atoms with Gasteiger partial charge in [-0.2, -0.15) is 0 Å². The summed E-state index contributed by atoms with van der Waals surface area (Å²) in [5.41, 5.74) is 1.26. The van der Waals surface area contributed by atoms with Crippen LogP contribution in [0.2, 0.25) is 0 Å². The Balaban J connectivity index is 1.65. The summed E-state index contributed by atoms with van der Waals surface area (Å²) in [5.74, 6) is 0.681. The molecule has 1 aliphatic rings. The summed E-state index contributed by atoms with van der Waals surface area (Å²) in [6.07, 6.45) is 5.94. The van der Waals surface area contributed by atoms with E-state index in [0.29, 0.717) is 12.0 Å². The Morgan fingerprint density at radius 2 is 2.18 bits per heavy atom. The largest absolute Gasteiger partial charge is 0.378 e. The van der Waals surface area contributed by atoms with Crippen molar-refractivity contribution in [3.63, 3.8) is 0 Å². The normalized spacial score (nSPS) is 24.5. The third-order valence-corrected chi connectivity index (χ3v) is 3.31. The van der Waals surface area contributed by atoms with E-state index in [1.807, 2.05) is 6.07 Å². The van der Waals surface area contributed by atoms with Gasteiger partial charge in [0.15, 0.2) is 0 Å². The molecule has 2 unspecified atom stereocenters. The van der Waals surface area contributed by atoms with Crippen LogP contribution in [0.1, 0.15) is 18.9 Å². The van der Waals surface area contributed by atoms with Crippen LogP contribution in [0, 0.1) is 5.92 Å². The van der Waals surface area contributed by atoms with Crippen LogP contribution in [0.5, 0.6) is 0 Å². The standard InChI is InChI=1S/C15H21NO/c1-13-15(9-11-17-13)12-16-10-5-8-14-6-3-2-4-7-14/h2-8,13,15-16H,9-12H2,1H3/b8-5+. The maximum atomic E-state index is 5.53. The SMILES string of the molecule is CC1OCCC1CNC/C=C/c1ccccc1. The van der Waals surface area contributed by atoms with Gasteiger partial charge < -0.3 is 10.1 Å². The van der Waals surface area contributed by atoms with Crippen LogP contribution < -0.4 is 5.32 Å². The Morgan fingerprint density at radius 3 is 2.88 bits per heavy atom. The monoisotopic (exact) mass is 231 g/mol. The molecule has 1 saturated heterocycles. The molecule has 0 radical (unpaired) electrons. The zero-order valence-electron chi connectivity index (χ0n) is 10.4. The average molecular weight is 231 g/mol. The summed E-state index contributed by atoms with van der Waals surface area (Å²) in [5, 5.41) is 3.46. The molecule has 1 N–H and O–H groups in total. The summed E-state index contributed by atoms with van der Waals surface area (Å²) < 4.78 is 5.53. The Morgan fingerprint density at radius 1 is 1.35 bits per heavy atom. The van der Waals surface area contributed by atoms with Crippen molar-refractivity contribution in [2.45, 2.75) is 19.4 Å². The van der Waals surface area contributed by atoms with Crippen molar-refractivity contribution in [3.8, 4) is 0 Å². The predicted molar refractivity (Wildman–Crippen MR) is 71.9 cm³/mol. The first kappa shape index (κ1) is 12.3. The van der Waals surface area contributed by atoms with Gasteiger partial charge in [-0.25, -0.2) is 0 Å². The minimum atomic E-state index is 0.417. The zero-order valence-corrected chi connectivity index (χ0v) is 10.4. The lowest BCUT2D eigenvalue weighted by molar-refractivity contribution is 0.106. The lowest BCUT2D eigenvalue weighted by atomic mass is 10.0. The van der Waals surface area contributed by atoms with Gasteiger partial charge in [-0.1, -0.05) is 42.5 Å². The van der Waals surface area contributed by atoms with Gasteiger partial charge in [0, 0.05) is 19.7 Å². The van der Waals surface area contributed by atoms with Crippen molar-refractivity contribution < 1.29 is 4.74 Å². The molecule has 1 aromatic rings. The molecule has 0 aliphatic carbocycles. The van der Waals surface area contributed by atoms with Gasteiger partial charge in [0.05, 0.1) is 6.10 Å². The molecule has 2 rings (SSSR count). The topological polar surface area (TPSA) is 21.3 Å². The molecular weight excluding hydrogens is 210 g/mol. The number of rotatable bonds is 5. The van der Waals surface area contributed by atoms with Crippen molar-refractivity contribution in [1.82, 2.24) is 5.32 Å². The highest BCUT2D eigenvalue weighted by Gasteiger charge is 2.22. The Bertz CT molecular complexity index is 347. The Hall–Kier alpha value is -1.12. The second kappa shape index (κ2) is 6.58. The van der Waals surface area contributed by atoms with Crippen LogP contribution in [0.25, 0.3) is 6.08 Å². The van der Waals surface area contributed by atoms with Crippen LogP contribution in [-0.2, 0) is 4.74 Å². The molecule has 2 atom stereocenters. The summed E-state index contributed by atoms with van der Waals surface area (Å²) >= 11 is 0. The number of nitrogens with one attached hydrogen (secondary N) is 1. The van der Waals surface area contributed by atoms with E-state index in [1.165, 1.54) is 12.0 Å². The van der Waals surface area contributed by atoms with E-state index in [2.05, 4.69) is 48.7 Å². The van der Waals surface area contributed by atoms with Crippen molar-refractivity contribution in [3.05, 3.63) is 42.0 Å². The third kappa shape index (κ3) is 3.99. The van der Waals surface area contributed by atoms with Gasteiger partial charge >= 0.3 is 0 Å². The van der Waals surface area contributed by atoms with E-state index < -0.39 is 0 Å². The second-order valence-electron chi connectivity index (χ2n) is 4.60. The van der Waals surface area contributed by atoms with Gasteiger partial charge in [0.1, 0.15) is 0 Å². The fourth-order valence-corrected chi connectivity index (χ4v) is 2.16. The maximum absolute atomic E-state index is 5.53. The molecule has 1 aromatic carbocycles. The Labute approximate surface area is 104 Å². The van der Waals surface area contributed by atoms with Gasteiger partial charge in [-0.15, -0.1) is 0 Å². The zero-order chi connectivity index (χ0) is 11.9. The van der Waals surface area contributed by atoms with E-state index in [1.54, 1.807) is 0 Å². The third-order valence-electron chi connectivity index (χ3n) is 3.31.